The molecule has 0 unspecified atom stereocenters. The molecule has 0 amide bonds. The second kappa shape index (κ2) is 6.38. The highest BCUT2D eigenvalue weighted by Gasteiger charge is 2.07. The molecule has 102 valence electrons. The van der Waals surface area contributed by atoms with Crippen LogP contribution in [-0.2, 0) is 0 Å². The van der Waals surface area contributed by atoms with Crippen molar-refractivity contribution in [3.63, 3.8) is 0 Å². The van der Waals surface area contributed by atoms with Gasteiger partial charge in [0.25, 0.3) is 0 Å². The molecule has 4 nitrogen and oxygen atoms in total. The summed E-state index contributed by atoms with van der Waals surface area (Å²) < 4.78 is 11.2. The minimum atomic E-state index is 0.673. The highest BCUT2D eigenvalue weighted by molar-refractivity contribution is 5.82. The Bertz CT molecular complexity index is 541. The Labute approximate surface area is 114 Å². The van der Waals surface area contributed by atoms with E-state index in [9.17, 15) is 0 Å². The van der Waals surface area contributed by atoms with E-state index in [1.165, 1.54) is 0 Å². The molecule has 0 aliphatic rings. The quantitative estimate of drug-likeness (QED) is 0.748. The Hall–Kier alpha value is -1.81. The van der Waals surface area contributed by atoms with E-state index in [0.29, 0.717) is 6.61 Å². The molecule has 0 bridgehead atoms. The van der Waals surface area contributed by atoms with Crippen LogP contribution in [0.2, 0.25) is 0 Å². The molecule has 0 saturated carbocycles. The molecule has 0 aliphatic heterocycles. The zero-order valence-corrected chi connectivity index (χ0v) is 11.7. The fraction of sp³-hybridized carbons (Fsp3) is 0.400. The van der Waals surface area contributed by atoms with Gasteiger partial charge in [-0.1, -0.05) is 6.07 Å². The first-order valence-corrected chi connectivity index (χ1v) is 6.41. The van der Waals surface area contributed by atoms with Crippen LogP contribution in [-0.4, -0.2) is 44.2 Å². The first-order valence-electron chi connectivity index (χ1n) is 6.41. The molecule has 4 heteroatoms. The number of rotatable bonds is 6. The van der Waals surface area contributed by atoms with Crippen molar-refractivity contribution in [1.29, 1.82) is 0 Å². The molecule has 1 heterocycles. The number of aromatic nitrogens is 1. The number of hydrogen-bond acceptors (Lipinski definition) is 4. The lowest BCUT2D eigenvalue weighted by Gasteiger charge is -2.13. The van der Waals surface area contributed by atoms with E-state index in [1.54, 1.807) is 13.3 Å². The fourth-order valence-electron chi connectivity index (χ4n) is 1.92. The summed E-state index contributed by atoms with van der Waals surface area (Å²) in [5.41, 5.74) is 0.922. The summed E-state index contributed by atoms with van der Waals surface area (Å²) in [6, 6.07) is 7.83. The average molecular weight is 260 g/mol. The van der Waals surface area contributed by atoms with Crippen molar-refractivity contribution in [2.45, 2.75) is 6.42 Å². The third-order valence-electron chi connectivity index (χ3n) is 2.90. The topological polar surface area (TPSA) is 34.6 Å². The van der Waals surface area contributed by atoms with Crippen LogP contribution in [0.25, 0.3) is 10.9 Å². The fourth-order valence-corrected chi connectivity index (χ4v) is 1.92. The summed E-state index contributed by atoms with van der Waals surface area (Å²) in [5.74, 6) is 1.51. The summed E-state index contributed by atoms with van der Waals surface area (Å²) in [6.07, 6.45) is 2.76. The van der Waals surface area contributed by atoms with E-state index in [-0.39, 0.29) is 0 Å². The normalized spacial score (nSPS) is 10.9. The van der Waals surface area contributed by atoms with Crippen LogP contribution in [0.3, 0.4) is 0 Å². The Balaban J connectivity index is 2.12. The molecule has 2 rings (SSSR count). The van der Waals surface area contributed by atoms with Gasteiger partial charge in [0.1, 0.15) is 0 Å². The maximum Gasteiger partial charge on any atom is 0.163 e. The van der Waals surface area contributed by atoms with Crippen molar-refractivity contribution in [3.05, 3.63) is 30.5 Å². The molecule has 2 aromatic rings. The summed E-state index contributed by atoms with van der Waals surface area (Å²) >= 11 is 0. The lowest BCUT2D eigenvalue weighted by Crippen LogP contribution is -2.15. The van der Waals surface area contributed by atoms with E-state index in [2.05, 4.69) is 24.0 Å². The monoisotopic (exact) mass is 260 g/mol. The van der Waals surface area contributed by atoms with Gasteiger partial charge in [0.15, 0.2) is 11.5 Å². The minimum absolute atomic E-state index is 0.673. The van der Waals surface area contributed by atoms with Gasteiger partial charge in [0, 0.05) is 24.2 Å². The number of ether oxygens (including phenoxy) is 2. The number of nitrogens with zero attached hydrogens (tertiary/aromatic N) is 2. The van der Waals surface area contributed by atoms with Crippen LogP contribution >= 0.6 is 0 Å². The standard InChI is InChI=1S/C15H20N2O2/c1-17(2)8-5-9-19-15-11-13-12(6-4-7-16-13)10-14(15)18-3/h4,6-7,10-11H,5,8-9H2,1-3H3. The molecule has 0 N–H and O–H groups in total. The first-order chi connectivity index (χ1) is 9.20. The van der Waals surface area contributed by atoms with Crippen LogP contribution < -0.4 is 9.47 Å². The second-order valence-electron chi connectivity index (χ2n) is 4.70. The van der Waals surface area contributed by atoms with Gasteiger partial charge in [-0.25, -0.2) is 0 Å². The molecule has 0 saturated heterocycles. The van der Waals surface area contributed by atoms with E-state index in [4.69, 9.17) is 9.47 Å². The number of hydrogen-bond donors (Lipinski definition) is 0. The minimum Gasteiger partial charge on any atom is -0.493 e. The Kier molecular flexibility index (Phi) is 4.58. The zero-order valence-electron chi connectivity index (χ0n) is 11.7. The summed E-state index contributed by atoms with van der Waals surface area (Å²) in [7, 11) is 5.77. The van der Waals surface area contributed by atoms with Crippen LogP contribution in [0, 0.1) is 0 Å². The molecule has 0 fully saturated rings. The van der Waals surface area contributed by atoms with Gasteiger partial charge in [0.05, 0.1) is 19.2 Å². The van der Waals surface area contributed by atoms with Gasteiger partial charge < -0.3 is 14.4 Å². The zero-order chi connectivity index (χ0) is 13.7. The van der Waals surface area contributed by atoms with E-state index < -0.39 is 0 Å². The third-order valence-corrected chi connectivity index (χ3v) is 2.90. The Morgan fingerprint density at radius 3 is 2.79 bits per heavy atom. The van der Waals surface area contributed by atoms with Crippen molar-refractivity contribution in [2.75, 3.05) is 34.4 Å². The molecular weight excluding hydrogens is 240 g/mol. The van der Waals surface area contributed by atoms with Crippen molar-refractivity contribution in [3.8, 4) is 11.5 Å². The lowest BCUT2D eigenvalue weighted by molar-refractivity contribution is 0.268. The number of methoxy groups -OCH3 is 1. The number of pyridine rings is 1. The van der Waals surface area contributed by atoms with Crippen molar-refractivity contribution in [2.24, 2.45) is 0 Å². The van der Waals surface area contributed by atoms with Gasteiger partial charge in [0.2, 0.25) is 0 Å². The highest BCUT2D eigenvalue weighted by atomic mass is 16.5. The van der Waals surface area contributed by atoms with Crippen LogP contribution in [0.1, 0.15) is 6.42 Å². The molecule has 0 aliphatic carbocycles. The smallest absolute Gasteiger partial charge is 0.163 e. The SMILES string of the molecule is COc1cc2cccnc2cc1OCCCN(C)C. The predicted octanol–water partition coefficient (Wildman–Crippen LogP) is 2.57. The molecule has 0 atom stereocenters. The second-order valence-corrected chi connectivity index (χ2v) is 4.70. The van der Waals surface area contributed by atoms with Gasteiger partial charge in [-0.05, 0) is 32.6 Å². The van der Waals surface area contributed by atoms with E-state index in [1.807, 2.05) is 24.3 Å². The Morgan fingerprint density at radius 2 is 2.05 bits per heavy atom. The van der Waals surface area contributed by atoms with Crippen LogP contribution in [0.15, 0.2) is 30.5 Å². The van der Waals surface area contributed by atoms with Gasteiger partial charge in [-0.3, -0.25) is 4.98 Å². The third kappa shape index (κ3) is 3.58. The van der Waals surface area contributed by atoms with Crippen LogP contribution in [0.5, 0.6) is 11.5 Å². The molecule has 0 spiro atoms. The summed E-state index contributed by atoms with van der Waals surface area (Å²) in [4.78, 5) is 6.47. The van der Waals surface area contributed by atoms with Crippen LogP contribution in [0.4, 0.5) is 0 Å². The lowest BCUT2D eigenvalue weighted by atomic mass is 10.2. The largest absolute Gasteiger partial charge is 0.493 e. The predicted molar refractivity (Wildman–Crippen MR) is 77.0 cm³/mol. The Morgan fingerprint density at radius 1 is 1.21 bits per heavy atom. The van der Waals surface area contributed by atoms with Crippen molar-refractivity contribution < 1.29 is 9.47 Å². The first kappa shape index (κ1) is 13.6. The van der Waals surface area contributed by atoms with E-state index in [0.717, 1.165) is 35.4 Å². The maximum absolute atomic E-state index is 5.79. The summed E-state index contributed by atoms with van der Waals surface area (Å²) in [6.45, 7) is 1.68. The summed E-state index contributed by atoms with van der Waals surface area (Å²) in [5, 5.41) is 1.06. The molecule has 1 aromatic heterocycles. The van der Waals surface area contributed by atoms with Gasteiger partial charge in [-0.2, -0.15) is 0 Å². The average Bonchev–Trinajstić information content (AvgIpc) is 2.42. The molecule has 19 heavy (non-hydrogen) atoms. The van der Waals surface area contributed by atoms with Crippen molar-refractivity contribution in [1.82, 2.24) is 9.88 Å². The maximum atomic E-state index is 5.79. The molecule has 1 aromatic carbocycles. The van der Waals surface area contributed by atoms with E-state index >= 15 is 0 Å². The molecule has 0 radical (unpaired) electrons. The highest BCUT2D eigenvalue weighted by Crippen LogP contribution is 2.31. The van der Waals surface area contributed by atoms with Crippen molar-refractivity contribution >= 4 is 10.9 Å². The van der Waals surface area contributed by atoms with Gasteiger partial charge >= 0.3 is 0 Å². The number of fused-ring (bicyclic) bond motifs is 1. The van der Waals surface area contributed by atoms with Gasteiger partial charge in [-0.15, -0.1) is 0 Å². The molecular formula is C15H20N2O2. The number of benzene rings is 1.